The van der Waals surface area contributed by atoms with Gasteiger partial charge in [0.25, 0.3) is 0 Å². The zero-order valence-corrected chi connectivity index (χ0v) is 18.1. The fourth-order valence-corrected chi connectivity index (χ4v) is 3.49. The molecule has 0 spiro atoms. The van der Waals surface area contributed by atoms with E-state index in [1.165, 1.54) is 0 Å². The molecule has 0 fully saturated rings. The number of hydrogen-bond donors (Lipinski definition) is 2. The molecular weight excluding hydrogens is 378 g/mol. The molecule has 3 rings (SSSR count). The Balaban J connectivity index is 1.53. The van der Waals surface area contributed by atoms with Gasteiger partial charge in [0.05, 0.1) is 5.69 Å². The van der Waals surface area contributed by atoms with Gasteiger partial charge in [-0.3, -0.25) is 9.59 Å². The summed E-state index contributed by atoms with van der Waals surface area (Å²) in [6.07, 6.45) is 2.34. The number of aromatic nitrogens is 3. The summed E-state index contributed by atoms with van der Waals surface area (Å²) < 4.78 is 1.84. The van der Waals surface area contributed by atoms with Crippen molar-refractivity contribution in [2.45, 2.75) is 59.9 Å². The summed E-state index contributed by atoms with van der Waals surface area (Å²) in [4.78, 5) is 28.6. The Morgan fingerprint density at radius 1 is 1.03 bits per heavy atom. The number of carbonyl (C=O) groups is 2. The third-order valence-electron chi connectivity index (χ3n) is 5.09. The van der Waals surface area contributed by atoms with Crippen LogP contribution in [0.4, 0.5) is 5.69 Å². The van der Waals surface area contributed by atoms with Gasteiger partial charge in [0.15, 0.2) is 5.65 Å². The summed E-state index contributed by atoms with van der Waals surface area (Å²) in [6, 6.07) is 9.49. The number of fused-ring (bicyclic) bond motifs is 1. The van der Waals surface area contributed by atoms with Crippen molar-refractivity contribution in [3.63, 3.8) is 0 Å². The third kappa shape index (κ3) is 5.23. The molecular formula is C23H29N5O2. The first kappa shape index (κ1) is 21.5. The third-order valence-corrected chi connectivity index (χ3v) is 5.09. The van der Waals surface area contributed by atoms with E-state index in [1.54, 1.807) is 0 Å². The van der Waals surface area contributed by atoms with Crippen molar-refractivity contribution in [2.24, 2.45) is 0 Å². The zero-order chi connectivity index (χ0) is 21.7. The minimum Gasteiger partial charge on any atom is -0.352 e. The van der Waals surface area contributed by atoms with E-state index >= 15 is 0 Å². The SMILES string of the molecule is CCCC(=O)Nc1ccc(CNC(=O)CCc2c(C)nc3cc(C)nn3c2C)cc1. The fourth-order valence-electron chi connectivity index (χ4n) is 3.49. The number of benzene rings is 1. The van der Waals surface area contributed by atoms with Crippen molar-refractivity contribution < 1.29 is 9.59 Å². The minimum absolute atomic E-state index is 0.00846. The highest BCUT2D eigenvalue weighted by atomic mass is 16.2. The van der Waals surface area contributed by atoms with Crippen LogP contribution in [-0.2, 0) is 22.6 Å². The minimum atomic E-state index is -0.00846. The van der Waals surface area contributed by atoms with Crippen LogP contribution in [0.5, 0.6) is 0 Å². The molecule has 3 aromatic rings. The van der Waals surface area contributed by atoms with Gasteiger partial charge in [-0.25, -0.2) is 9.50 Å². The smallest absolute Gasteiger partial charge is 0.224 e. The van der Waals surface area contributed by atoms with Gasteiger partial charge < -0.3 is 10.6 Å². The van der Waals surface area contributed by atoms with E-state index < -0.39 is 0 Å². The van der Waals surface area contributed by atoms with Crippen molar-refractivity contribution in [1.29, 1.82) is 0 Å². The van der Waals surface area contributed by atoms with E-state index in [-0.39, 0.29) is 11.8 Å². The van der Waals surface area contributed by atoms with Gasteiger partial charge in [-0.2, -0.15) is 5.10 Å². The Kier molecular flexibility index (Phi) is 6.82. The number of hydrogen-bond acceptors (Lipinski definition) is 4. The summed E-state index contributed by atoms with van der Waals surface area (Å²) in [6.45, 7) is 8.37. The lowest BCUT2D eigenvalue weighted by molar-refractivity contribution is -0.121. The van der Waals surface area contributed by atoms with Crippen molar-refractivity contribution in [2.75, 3.05) is 5.32 Å². The molecule has 7 nitrogen and oxygen atoms in total. The average Bonchev–Trinajstić information content (AvgIpc) is 3.07. The topological polar surface area (TPSA) is 88.4 Å². The molecule has 158 valence electrons. The normalized spacial score (nSPS) is 10.9. The van der Waals surface area contributed by atoms with Crippen LogP contribution in [0.2, 0.25) is 0 Å². The lowest BCUT2D eigenvalue weighted by atomic mass is 10.1. The predicted molar refractivity (Wildman–Crippen MR) is 117 cm³/mol. The van der Waals surface area contributed by atoms with E-state index in [0.29, 0.717) is 25.8 Å². The van der Waals surface area contributed by atoms with Crippen LogP contribution in [0.3, 0.4) is 0 Å². The van der Waals surface area contributed by atoms with Gasteiger partial charge in [0, 0.05) is 42.5 Å². The van der Waals surface area contributed by atoms with Crippen molar-refractivity contribution in [3.8, 4) is 0 Å². The van der Waals surface area contributed by atoms with E-state index in [2.05, 4.69) is 20.7 Å². The highest BCUT2D eigenvalue weighted by Gasteiger charge is 2.13. The molecule has 2 amide bonds. The van der Waals surface area contributed by atoms with E-state index in [4.69, 9.17) is 0 Å². The molecule has 0 bridgehead atoms. The van der Waals surface area contributed by atoms with Crippen LogP contribution in [0.1, 0.15) is 54.4 Å². The number of nitrogens with zero attached hydrogens (tertiary/aromatic N) is 3. The van der Waals surface area contributed by atoms with Crippen LogP contribution in [0, 0.1) is 20.8 Å². The maximum Gasteiger partial charge on any atom is 0.224 e. The molecule has 1 aromatic carbocycles. The molecule has 0 saturated carbocycles. The van der Waals surface area contributed by atoms with Crippen LogP contribution in [-0.4, -0.2) is 26.4 Å². The molecule has 0 aliphatic carbocycles. The van der Waals surface area contributed by atoms with Crippen molar-refractivity contribution >= 4 is 23.1 Å². The lowest BCUT2D eigenvalue weighted by Gasteiger charge is -2.11. The second-order valence-electron chi connectivity index (χ2n) is 7.59. The van der Waals surface area contributed by atoms with E-state index in [0.717, 1.165) is 46.0 Å². The molecule has 2 heterocycles. The molecule has 0 atom stereocenters. The molecule has 0 unspecified atom stereocenters. The molecule has 2 aromatic heterocycles. The maximum absolute atomic E-state index is 12.4. The van der Waals surface area contributed by atoms with Crippen LogP contribution >= 0.6 is 0 Å². The molecule has 0 saturated heterocycles. The number of anilines is 1. The summed E-state index contributed by atoms with van der Waals surface area (Å²) in [5.41, 5.74) is 6.55. The number of rotatable bonds is 8. The maximum atomic E-state index is 12.4. The van der Waals surface area contributed by atoms with Gasteiger partial charge in [0.1, 0.15) is 0 Å². The molecule has 30 heavy (non-hydrogen) atoms. The Bertz CT molecular complexity index is 1050. The molecule has 0 radical (unpaired) electrons. The van der Waals surface area contributed by atoms with Gasteiger partial charge in [-0.15, -0.1) is 0 Å². The first-order valence-corrected chi connectivity index (χ1v) is 10.3. The molecule has 2 N–H and O–H groups in total. The Morgan fingerprint density at radius 2 is 1.77 bits per heavy atom. The van der Waals surface area contributed by atoms with E-state index in [1.807, 2.05) is 62.5 Å². The number of aryl methyl sites for hydroxylation is 3. The summed E-state index contributed by atoms with van der Waals surface area (Å²) in [5.74, 6) is 0.00737. The van der Waals surface area contributed by atoms with Gasteiger partial charge in [0.2, 0.25) is 11.8 Å². The number of carbonyl (C=O) groups excluding carboxylic acids is 2. The van der Waals surface area contributed by atoms with Crippen LogP contribution < -0.4 is 10.6 Å². The monoisotopic (exact) mass is 407 g/mol. The van der Waals surface area contributed by atoms with Crippen molar-refractivity contribution in [3.05, 3.63) is 58.5 Å². The van der Waals surface area contributed by atoms with Crippen molar-refractivity contribution in [1.82, 2.24) is 19.9 Å². The highest BCUT2D eigenvalue weighted by molar-refractivity contribution is 5.90. The number of nitrogens with one attached hydrogen (secondary N) is 2. The largest absolute Gasteiger partial charge is 0.352 e. The number of amides is 2. The predicted octanol–water partition coefficient (Wildman–Crippen LogP) is 3.64. The quantitative estimate of drug-likeness (QED) is 0.597. The second-order valence-corrected chi connectivity index (χ2v) is 7.59. The van der Waals surface area contributed by atoms with E-state index in [9.17, 15) is 9.59 Å². The van der Waals surface area contributed by atoms with Gasteiger partial charge in [-0.05, 0) is 56.9 Å². The fraction of sp³-hybridized carbons (Fsp3) is 0.391. The standard InChI is InChI=1S/C23H29N5O2/c1-5-6-23(30)26-19-9-7-18(8-10-19)14-24-22(29)12-11-20-16(3)25-21-13-15(2)27-28(21)17(20)4/h7-10,13H,5-6,11-12,14H2,1-4H3,(H,24,29)(H,26,30). The first-order chi connectivity index (χ1) is 14.4. The lowest BCUT2D eigenvalue weighted by Crippen LogP contribution is -2.23. The van der Waals surface area contributed by atoms with Crippen LogP contribution in [0.25, 0.3) is 5.65 Å². The Labute approximate surface area is 176 Å². The Hall–Kier alpha value is -3.22. The average molecular weight is 408 g/mol. The summed E-state index contributed by atoms with van der Waals surface area (Å²) >= 11 is 0. The first-order valence-electron chi connectivity index (χ1n) is 10.3. The summed E-state index contributed by atoms with van der Waals surface area (Å²) in [5, 5.41) is 10.3. The molecule has 0 aliphatic rings. The van der Waals surface area contributed by atoms with Gasteiger partial charge >= 0.3 is 0 Å². The van der Waals surface area contributed by atoms with Gasteiger partial charge in [-0.1, -0.05) is 19.1 Å². The molecule has 0 aliphatic heterocycles. The molecule has 7 heteroatoms. The summed E-state index contributed by atoms with van der Waals surface area (Å²) in [7, 11) is 0. The Morgan fingerprint density at radius 3 is 2.47 bits per heavy atom. The highest BCUT2D eigenvalue weighted by Crippen LogP contribution is 2.17. The second kappa shape index (κ2) is 9.52. The van der Waals surface area contributed by atoms with Crippen LogP contribution in [0.15, 0.2) is 30.3 Å². The zero-order valence-electron chi connectivity index (χ0n) is 18.1.